The maximum atomic E-state index is 11.3. The summed E-state index contributed by atoms with van der Waals surface area (Å²) in [6, 6.07) is 3.86. The molecule has 15 heavy (non-hydrogen) atoms. The van der Waals surface area contributed by atoms with Gasteiger partial charge in [0.15, 0.2) is 11.5 Å². The number of carbonyl (C=O) groups excluding carboxylic acids is 1. The zero-order valence-electron chi connectivity index (χ0n) is 9.16. The number of ether oxygens (including phenoxy) is 2. The van der Waals surface area contributed by atoms with E-state index in [0.717, 1.165) is 17.7 Å². The Bertz CT molecular complexity index is 410. The molecule has 1 unspecified atom stereocenters. The topological polar surface area (TPSA) is 35.5 Å². The van der Waals surface area contributed by atoms with Gasteiger partial charge in [0.2, 0.25) is 0 Å². The lowest BCUT2D eigenvalue weighted by atomic mass is 9.75. The third-order valence-electron chi connectivity index (χ3n) is 2.94. The van der Waals surface area contributed by atoms with Crippen molar-refractivity contribution in [2.24, 2.45) is 0 Å². The molecule has 0 bridgehead atoms. The average Bonchev–Trinajstić information content (AvgIpc) is 2.19. The second kappa shape index (κ2) is 3.57. The fraction of sp³-hybridized carbons (Fsp3) is 0.417. The molecule has 0 aliphatic heterocycles. The number of rotatable bonds is 3. The van der Waals surface area contributed by atoms with E-state index >= 15 is 0 Å². The quantitative estimate of drug-likeness (QED) is 0.758. The lowest BCUT2D eigenvalue weighted by Gasteiger charge is -2.29. The SMILES string of the molecule is COc1cc2c(cc1OC)C(C(C)=O)C2. The number of benzene rings is 1. The molecule has 0 fully saturated rings. The number of Topliss-reactive ketones (excluding diaryl/α,β-unsaturated/α-hetero) is 1. The molecule has 0 saturated carbocycles. The molecule has 0 N–H and O–H groups in total. The molecule has 1 aliphatic rings. The van der Waals surface area contributed by atoms with Crippen LogP contribution >= 0.6 is 0 Å². The van der Waals surface area contributed by atoms with Crippen LogP contribution in [0.5, 0.6) is 11.5 Å². The summed E-state index contributed by atoms with van der Waals surface area (Å²) in [5.74, 6) is 1.70. The van der Waals surface area contributed by atoms with E-state index < -0.39 is 0 Å². The molecule has 0 aromatic heterocycles. The average molecular weight is 206 g/mol. The highest BCUT2D eigenvalue weighted by atomic mass is 16.5. The second-order valence-electron chi connectivity index (χ2n) is 3.77. The van der Waals surface area contributed by atoms with Crippen molar-refractivity contribution >= 4 is 5.78 Å². The van der Waals surface area contributed by atoms with Crippen LogP contribution in [0.3, 0.4) is 0 Å². The Morgan fingerprint density at radius 3 is 2.40 bits per heavy atom. The van der Waals surface area contributed by atoms with Gasteiger partial charge in [-0.1, -0.05) is 0 Å². The van der Waals surface area contributed by atoms with E-state index in [4.69, 9.17) is 9.47 Å². The summed E-state index contributed by atoms with van der Waals surface area (Å²) in [4.78, 5) is 11.3. The molecule has 80 valence electrons. The lowest BCUT2D eigenvalue weighted by Crippen LogP contribution is -2.23. The first-order chi connectivity index (χ1) is 7.17. The monoisotopic (exact) mass is 206 g/mol. The number of hydrogen-bond donors (Lipinski definition) is 0. The van der Waals surface area contributed by atoms with Crippen molar-refractivity contribution < 1.29 is 14.3 Å². The Morgan fingerprint density at radius 1 is 1.27 bits per heavy atom. The van der Waals surface area contributed by atoms with Crippen molar-refractivity contribution in [2.75, 3.05) is 14.2 Å². The number of hydrogen-bond acceptors (Lipinski definition) is 3. The Hall–Kier alpha value is -1.51. The predicted octanol–water partition coefficient (Wildman–Crippen LogP) is 1.93. The molecule has 0 amide bonds. The molecule has 1 aliphatic carbocycles. The Balaban J connectivity index is 2.41. The first kappa shape index (κ1) is 10.0. The summed E-state index contributed by atoms with van der Waals surface area (Å²) in [7, 11) is 3.22. The van der Waals surface area contributed by atoms with E-state index in [-0.39, 0.29) is 11.7 Å². The molecule has 3 heteroatoms. The molecule has 0 radical (unpaired) electrons. The van der Waals surface area contributed by atoms with Crippen LogP contribution in [0.2, 0.25) is 0 Å². The van der Waals surface area contributed by atoms with E-state index in [1.54, 1.807) is 21.1 Å². The third-order valence-corrected chi connectivity index (χ3v) is 2.94. The van der Waals surface area contributed by atoms with Gasteiger partial charge in [0.1, 0.15) is 5.78 Å². The highest BCUT2D eigenvalue weighted by Gasteiger charge is 2.31. The molecular weight excluding hydrogens is 192 g/mol. The van der Waals surface area contributed by atoms with E-state index in [9.17, 15) is 4.79 Å². The van der Waals surface area contributed by atoms with Gasteiger partial charge in [0.05, 0.1) is 14.2 Å². The summed E-state index contributed by atoms with van der Waals surface area (Å²) in [5.41, 5.74) is 2.27. The maximum absolute atomic E-state index is 11.3. The van der Waals surface area contributed by atoms with Crippen molar-refractivity contribution in [3.05, 3.63) is 23.3 Å². The van der Waals surface area contributed by atoms with E-state index in [0.29, 0.717) is 5.75 Å². The minimum absolute atomic E-state index is 0.0554. The van der Waals surface area contributed by atoms with E-state index in [1.165, 1.54) is 5.56 Å². The van der Waals surface area contributed by atoms with Crippen LogP contribution in [0.15, 0.2) is 12.1 Å². The maximum Gasteiger partial charge on any atom is 0.161 e. The predicted molar refractivity (Wildman–Crippen MR) is 56.7 cm³/mol. The summed E-state index contributed by atoms with van der Waals surface area (Å²) in [5, 5.41) is 0. The Morgan fingerprint density at radius 2 is 1.87 bits per heavy atom. The highest BCUT2D eigenvalue weighted by molar-refractivity contribution is 5.87. The number of carbonyl (C=O) groups is 1. The molecule has 3 nitrogen and oxygen atoms in total. The summed E-state index contributed by atoms with van der Waals surface area (Å²) >= 11 is 0. The summed E-state index contributed by atoms with van der Waals surface area (Å²) in [6.45, 7) is 1.63. The normalized spacial score (nSPS) is 17.7. The highest BCUT2D eigenvalue weighted by Crippen LogP contribution is 2.42. The van der Waals surface area contributed by atoms with Crippen molar-refractivity contribution in [1.82, 2.24) is 0 Å². The van der Waals surface area contributed by atoms with Crippen LogP contribution in [0.25, 0.3) is 0 Å². The lowest BCUT2D eigenvalue weighted by molar-refractivity contribution is -0.118. The van der Waals surface area contributed by atoms with Gasteiger partial charge in [-0.25, -0.2) is 0 Å². The first-order valence-corrected chi connectivity index (χ1v) is 4.92. The van der Waals surface area contributed by atoms with Gasteiger partial charge in [0, 0.05) is 5.92 Å². The first-order valence-electron chi connectivity index (χ1n) is 4.92. The zero-order chi connectivity index (χ0) is 11.0. The van der Waals surface area contributed by atoms with Crippen LogP contribution in [-0.2, 0) is 11.2 Å². The molecule has 1 aromatic carbocycles. The minimum Gasteiger partial charge on any atom is -0.493 e. The molecule has 0 saturated heterocycles. The standard InChI is InChI=1S/C12H14O3/c1-7(13)9-4-8-5-11(14-2)12(15-3)6-10(8)9/h5-6,9H,4H2,1-3H3. The molecule has 2 rings (SSSR count). The largest absolute Gasteiger partial charge is 0.493 e. The molecular formula is C12H14O3. The van der Waals surface area contributed by atoms with E-state index in [2.05, 4.69) is 0 Å². The number of methoxy groups -OCH3 is 2. The zero-order valence-corrected chi connectivity index (χ0v) is 9.16. The number of fused-ring (bicyclic) bond motifs is 1. The minimum atomic E-state index is 0.0554. The van der Waals surface area contributed by atoms with Crippen molar-refractivity contribution in [1.29, 1.82) is 0 Å². The summed E-state index contributed by atoms with van der Waals surface area (Å²) in [6.07, 6.45) is 0.824. The van der Waals surface area contributed by atoms with Gasteiger partial charge < -0.3 is 9.47 Å². The third kappa shape index (κ3) is 1.48. The fourth-order valence-electron chi connectivity index (χ4n) is 2.00. The second-order valence-corrected chi connectivity index (χ2v) is 3.77. The molecule has 0 spiro atoms. The van der Waals surface area contributed by atoms with Crippen LogP contribution in [-0.4, -0.2) is 20.0 Å². The van der Waals surface area contributed by atoms with Gasteiger partial charge in [-0.15, -0.1) is 0 Å². The van der Waals surface area contributed by atoms with Crippen LogP contribution < -0.4 is 9.47 Å². The fourth-order valence-corrected chi connectivity index (χ4v) is 2.00. The van der Waals surface area contributed by atoms with Gasteiger partial charge in [-0.05, 0) is 36.6 Å². The smallest absolute Gasteiger partial charge is 0.161 e. The Labute approximate surface area is 89.0 Å². The van der Waals surface area contributed by atoms with Crippen molar-refractivity contribution in [2.45, 2.75) is 19.3 Å². The van der Waals surface area contributed by atoms with Gasteiger partial charge in [0.25, 0.3) is 0 Å². The molecule has 1 atom stereocenters. The van der Waals surface area contributed by atoms with Gasteiger partial charge >= 0.3 is 0 Å². The molecule has 1 aromatic rings. The summed E-state index contributed by atoms with van der Waals surface area (Å²) < 4.78 is 10.4. The van der Waals surface area contributed by atoms with Crippen LogP contribution in [0.4, 0.5) is 0 Å². The van der Waals surface area contributed by atoms with Crippen molar-refractivity contribution in [3.63, 3.8) is 0 Å². The van der Waals surface area contributed by atoms with Crippen molar-refractivity contribution in [3.8, 4) is 11.5 Å². The van der Waals surface area contributed by atoms with Crippen LogP contribution in [0.1, 0.15) is 24.0 Å². The van der Waals surface area contributed by atoms with Gasteiger partial charge in [-0.2, -0.15) is 0 Å². The van der Waals surface area contributed by atoms with Gasteiger partial charge in [-0.3, -0.25) is 4.79 Å². The van der Waals surface area contributed by atoms with E-state index in [1.807, 2.05) is 12.1 Å². The Kier molecular flexibility index (Phi) is 2.39. The van der Waals surface area contributed by atoms with Crippen LogP contribution in [0, 0.1) is 0 Å². The number of ketones is 1. The molecule has 0 heterocycles.